The largest absolute Gasteiger partial charge is 0.378 e. The number of anilines is 2. The molecule has 1 aliphatic heterocycles. The second kappa shape index (κ2) is 6.82. The third kappa shape index (κ3) is 3.27. The highest BCUT2D eigenvalue weighted by Gasteiger charge is 2.15. The Labute approximate surface area is 144 Å². The Hall–Kier alpha value is -3.06. The SMILES string of the molecule is O=C(Nc1cccc2cccnc12)c1cnc(N2CCOCC2)nc1. The second-order valence-corrected chi connectivity index (χ2v) is 5.71. The zero-order valence-corrected chi connectivity index (χ0v) is 13.6. The van der Waals surface area contributed by atoms with Crippen LogP contribution in [0.25, 0.3) is 10.9 Å². The Morgan fingerprint density at radius 1 is 1.04 bits per heavy atom. The molecule has 0 unspecified atom stereocenters. The van der Waals surface area contributed by atoms with E-state index in [1.807, 2.05) is 35.2 Å². The normalized spacial score (nSPS) is 14.5. The van der Waals surface area contributed by atoms with Gasteiger partial charge in [-0.05, 0) is 12.1 Å². The van der Waals surface area contributed by atoms with Crippen LogP contribution < -0.4 is 10.2 Å². The Kier molecular flexibility index (Phi) is 4.22. The van der Waals surface area contributed by atoms with Crippen molar-refractivity contribution in [2.24, 2.45) is 0 Å². The molecule has 3 aromatic rings. The van der Waals surface area contributed by atoms with Crippen molar-refractivity contribution in [2.45, 2.75) is 0 Å². The summed E-state index contributed by atoms with van der Waals surface area (Å²) in [6, 6.07) is 9.50. The monoisotopic (exact) mass is 335 g/mol. The number of nitrogens with zero attached hydrogens (tertiary/aromatic N) is 4. The molecule has 126 valence electrons. The number of ether oxygens (including phenoxy) is 1. The Morgan fingerprint density at radius 3 is 2.60 bits per heavy atom. The Balaban J connectivity index is 1.52. The lowest BCUT2D eigenvalue weighted by molar-refractivity contribution is 0.102. The van der Waals surface area contributed by atoms with Gasteiger partial charge in [-0.1, -0.05) is 18.2 Å². The number of hydrogen-bond donors (Lipinski definition) is 1. The Bertz CT molecular complexity index is 886. The topological polar surface area (TPSA) is 80.2 Å². The fourth-order valence-electron chi connectivity index (χ4n) is 2.76. The van der Waals surface area contributed by atoms with Gasteiger partial charge in [0.1, 0.15) is 0 Å². The lowest BCUT2D eigenvalue weighted by Crippen LogP contribution is -2.37. The third-order valence-electron chi connectivity index (χ3n) is 4.08. The zero-order valence-electron chi connectivity index (χ0n) is 13.6. The van der Waals surface area contributed by atoms with Crippen LogP contribution in [0.2, 0.25) is 0 Å². The summed E-state index contributed by atoms with van der Waals surface area (Å²) in [5.74, 6) is 0.360. The molecule has 0 atom stereocenters. The molecular formula is C18H17N5O2. The summed E-state index contributed by atoms with van der Waals surface area (Å²) in [4.78, 5) is 27.5. The minimum absolute atomic E-state index is 0.258. The maximum Gasteiger partial charge on any atom is 0.258 e. The summed E-state index contributed by atoms with van der Waals surface area (Å²) in [6.07, 6.45) is 4.80. The summed E-state index contributed by atoms with van der Waals surface area (Å²) >= 11 is 0. The molecule has 1 amide bonds. The third-order valence-corrected chi connectivity index (χ3v) is 4.08. The van der Waals surface area contributed by atoms with Gasteiger partial charge in [-0.25, -0.2) is 9.97 Å². The van der Waals surface area contributed by atoms with Crippen LogP contribution in [0.5, 0.6) is 0 Å². The number of para-hydroxylation sites is 1. The maximum atomic E-state index is 12.5. The smallest absolute Gasteiger partial charge is 0.258 e. The van der Waals surface area contributed by atoms with Crippen molar-refractivity contribution in [3.05, 3.63) is 54.5 Å². The Morgan fingerprint density at radius 2 is 1.80 bits per heavy atom. The lowest BCUT2D eigenvalue weighted by atomic mass is 10.2. The second-order valence-electron chi connectivity index (χ2n) is 5.71. The van der Waals surface area contributed by atoms with Crippen LogP contribution >= 0.6 is 0 Å². The first-order valence-corrected chi connectivity index (χ1v) is 8.11. The number of morpholine rings is 1. The van der Waals surface area contributed by atoms with Crippen molar-refractivity contribution in [3.63, 3.8) is 0 Å². The van der Waals surface area contributed by atoms with Crippen molar-refractivity contribution in [2.75, 3.05) is 36.5 Å². The molecule has 7 heteroatoms. The van der Waals surface area contributed by atoms with Gasteiger partial charge in [0.25, 0.3) is 5.91 Å². The van der Waals surface area contributed by atoms with Crippen LogP contribution in [-0.2, 0) is 4.74 Å². The van der Waals surface area contributed by atoms with Gasteiger partial charge in [0, 0.05) is 37.1 Å². The molecule has 1 N–H and O–H groups in total. The van der Waals surface area contributed by atoms with Crippen LogP contribution in [0.1, 0.15) is 10.4 Å². The number of carbonyl (C=O) groups is 1. The zero-order chi connectivity index (χ0) is 17.1. The summed E-state index contributed by atoms with van der Waals surface area (Å²) in [7, 11) is 0. The first-order valence-electron chi connectivity index (χ1n) is 8.11. The van der Waals surface area contributed by atoms with Crippen LogP contribution in [0.15, 0.2) is 48.9 Å². The standard InChI is InChI=1S/C18H17N5O2/c24-17(22-15-5-1-3-13-4-2-6-19-16(13)15)14-11-20-18(21-12-14)23-7-9-25-10-8-23/h1-6,11-12H,7-10H2,(H,22,24). The average Bonchev–Trinajstić information content (AvgIpc) is 2.69. The minimum atomic E-state index is -0.258. The van der Waals surface area contributed by atoms with E-state index in [-0.39, 0.29) is 5.91 Å². The van der Waals surface area contributed by atoms with E-state index >= 15 is 0 Å². The highest BCUT2D eigenvalue weighted by atomic mass is 16.5. The summed E-state index contributed by atoms with van der Waals surface area (Å²) in [6.45, 7) is 2.85. The number of carbonyl (C=O) groups excluding carboxylic acids is 1. The summed E-state index contributed by atoms with van der Waals surface area (Å²) in [5.41, 5.74) is 1.83. The van der Waals surface area contributed by atoms with Crippen LogP contribution in [0.4, 0.5) is 11.6 Å². The van der Waals surface area contributed by atoms with E-state index in [9.17, 15) is 4.79 Å². The summed E-state index contributed by atoms with van der Waals surface area (Å²) < 4.78 is 5.32. The van der Waals surface area contributed by atoms with Gasteiger partial charge in [0.15, 0.2) is 0 Å². The molecule has 1 aromatic carbocycles. The predicted molar refractivity (Wildman–Crippen MR) is 94.8 cm³/mol. The van der Waals surface area contributed by atoms with E-state index in [4.69, 9.17) is 4.74 Å². The first kappa shape index (κ1) is 15.5. The van der Waals surface area contributed by atoms with Crippen molar-refractivity contribution < 1.29 is 9.53 Å². The molecule has 0 aliphatic carbocycles. The van der Waals surface area contributed by atoms with Gasteiger partial charge < -0.3 is 15.0 Å². The molecular weight excluding hydrogens is 318 g/mol. The summed E-state index contributed by atoms with van der Waals surface area (Å²) in [5, 5.41) is 3.86. The average molecular weight is 335 g/mol. The van der Waals surface area contributed by atoms with Crippen molar-refractivity contribution >= 4 is 28.4 Å². The van der Waals surface area contributed by atoms with Gasteiger partial charge in [0.2, 0.25) is 5.95 Å². The van der Waals surface area contributed by atoms with E-state index in [1.54, 1.807) is 18.6 Å². The van der Waals surface area contributed by atoms with E-state index < -0.39 is 0 Å². The van der Waals surface area contributed by atoms with Crippen LogP contribution in [0, 0.1) is 0 Å². The van der Waals surface area contributed by atoms with E-state index in [0.29, 0.717) is 30.4 Å². The number of hydrogen-bond acceptors (Lipinski definition) is 6. The number of fused-ring (bicyclic) bond motifs is 1. The molecule has 0 bridgehead atoms. The van der Waals surface area contributed by atoms with Crippen molar-refractivity contribution in [1.29, 1.82) is 0 Å². The highest BCUT2D eigenvalue weighted by molar-refractivity contribution is 6.08. The van der Waals surface area contributed by atoms with E-state index in [0.717, 1.165) is 24.0 Å². The predicted octanol–water partition coefficient (Wildman–Crippen LogP) is 2.11. The molecule has 2 aromatic heterocycles. The van der Waals surface area contributed by atoms with Crippen LogP contribution in [0.3, 0.4) is 0 Å². The molecule has 4 rings (SSSR count). The van der Waals surface area contributed by atoms with Gasteiger partial charge in [-0.2, -0.15) is 0 Å². The number of nitrogens with one attached hydrogen (secondary N) is 1. The molecule has 1 fully saturated rings. The first-order chi connectivity index (χ1) is 12.3. The van der Waals surface area contributed by atoms with E-state index in [2.05, 4.69) is 20.3 Å². The lowest BCUT2D eigenvalue weighted by Gasteiger charge is -2.26. The fourth-order valence-corrected chi connectivity index (χ4v) is 2.76. The quantitative estimate of drug-likeness (QED) is 0.790. The van der Waals surface area contributed by atoms with Crippen molar-refractivity contribution in [3.8, 4) is 0 Å². The number of pyridine rings is 1. The molecule has 0 spiro atoms. The van der Waals surface area contributed by atoms with Gasteiger partial charge in [-0.15, -0.1) is 0 Å². The fraction of sp³-hybridized carbons (Fsp3) is 0.222. The number of rotatable bonds is 3. The highest BCUT2D eigenvalue weighted by Crippen LogP contribution is 2.21. The molecule has 7 nitrogen and oxygen atoms in total. The minimum Gasteiger partial charge on any atom is -0.378 e. The van der Waals surface area contributed by atoms with Gasteiger partial charge >= 0.3 is 0 Å². The van der Waals surface area contributed by atoms with Crippen molar-refractivity contribution in [1.82, 2.24) is 15.0 Å². The molecule has 1 aliphatic rings. The molecule has 0 radical (unpaired) electrons. The van der Waals surface area contributed by atoms with E-state index in [1.165, 1.54) is 0 Å². The van der Waals surface area contributed by atoms with Gasteiger partial charge in [0.05, 0.1) is 30.0 Å². The number of aromatic nitrogens is 3. The molecule has 1 saturated heterocycles. The van der Waals surface area contributed by atoms with Gasteiger partial charge in [-0.3, -0.25) is 9.78 Å². The molecule has 25 heavy (non-hydrogen) atoms. The maximum absolute atomic E-state index is 12.5. The molecule has 0 saturated carbocycles. The molecule has 3 heterocycles. The number of amides is 1. The number of benzene rings is 1. The van der Waals surface area contributed by atoms with Crippen LogP contribution in [-0.4, -0.2) is 47.2 Å².